The third-order valence-corrected chi connectivity index (χ3v) is 6.68. The Hall–Kier alpha value is -3.13. The Balaban J connectivity index is 1.55. The van der Waals surface area contributed by atoms with Gasteiger partial charge in [-0.05, 0) is 49.3 Å². The van der Waals surface area contributed by atoms with Crippen molar-refractivity contribution in [2.75, 3.05) is 38.2 Å². The molecule has 2 fully saturated rings. The molecule has 1 aliphatic heterocycles. The lowest BCUT2D eigenvalue weighted by Crippen LogP contribution is -2.51. The smallest absolute Gasteiger partial charge is 0.271 e. The molecule has 0 spiro atoms. The van der Waals surface area contributed by atoms with Crippen molar-refractivity contribution >= 4 is 11.6 Å². The summed E-state index contributed by atoms with van der Waals surface area (Å²) in [5.74, 6) is 1.17. The lowest BCUT2D eigenvalue weighted by Gasteiger charge is -2.40. The Morgan fingerprint density at radius 2 is 2.14 bits per heavy atom. The van der Waals surface area contributed by atoms with E-state index in [1.54, 1.807) is 25.6 Å². The number of piperidine rings is 1. The maximum Gasteiger partial charge on any atom is 0.271 e. The molecule has 3 heterocycles. The van der Waals surface area contributed by atoms with Crippen molar-refractivity contribution in [3.05, 3.63) is 53.1 Å². The van der Waals surface area contributed by atoms with E-state index in [0.717, 1.165) is 37.1 Å². The van der Waals surface area contributed by atoms with Crippen LogP contribution in [0.5, 0.6) is 5.88 Å². The molecule has 2 aliphatic rings. The molecule has 188 valence electrons. The van der Waals surface area contributed by atoms with Crippen LogP contribution in [0.15, 0.2) is 47.5 Å². The molecule has 2 aromatic rings. The minimum absolute atomic E-state index is 0.0400. The van der Waals surface area contributed by atoms with E-state index in [9.17, 15) is 9.59 Å². The van der Waals surface area contributed by atoms with Gasteiger partial charge in [-0.1, -0.05) is 19.9 Å². The third kappa shape index (κ3) is 6.72. The molecule has 1 unspecified atom stereocenters. The molecule has 1 saturated carbocycles. The summed E-state index contributed by atoms with van der Waals surface area (Å²) in [5.41, 5.74) is 2.41. The Kier molecular flexibility index (Phi) is 8.23. The number of H-pyrrole nitrogens is 1. The maximum atomic E-state index is 13.0. The Bertz CT molecular complexity index is 1090. The first-order chi connectivity index (χ1) is 16.9. The summed E-state index contributed by atoms with van der Waals surface area (Å²) in [5, 5.41) is 3.30. The van der Waals surface area contributed by atoms with Gasteiger partial charge in [0.1, 0.15) is 5.69 Å². The molecular weight excluding hydrogens is 442 g/mol. The summed E-state index contributed by atoms with van der Waals surface area (Å²) in [6, 6.07) is 6.23. The number of hydrogen-bond donors (Lipinski definition) is 2. The molecule has 2 aromatic heterocycles. The molecule has 8 nitrogen and oxygen atoms in total. The van der Waals surface area contributed by atoms with Crippen molar-refractivity contribution in [3.8, 4) is 17.0 Å². The van der Waals surface area contributed by atoms with Crippen LogP contribution < -0.4 is 20.5 Å². The average Bonchev–Trinajstić information content (AvgIpc) is 3.70. The Morgan fingerprint density at radius 3 is 2.89 bits per heavy atom. The van der Waals surface area contributed by atoms with Gasteiger partial charge >= 0.3 is 0 Å². The van der Waals surface area contributed by atoms with E-state index >= 15 is 0 Å². The fraction of sp³-hybridized carbons (Fsp3) is 0.519. The van der Waals surface area contributed by atoms with Crippen molar-refractivity contribution in [1.29, 1.82) is 0 Å². The quantitative estimate of drug-likeness (QED) is 0.509. The first-order valence-corrected chi connectivity index (χ1v) is 12.6. The highest BCUT2D eigenvalue weighted by molar-refractivity contribution is 5.87. The number of anilines is 1. The molecule has 2 N–H and O–H groups in total. The molecular formula is C27H37N5O3. The molecule has 0 aromatic carbocycles. The molecule has 1 saturated heterocycles. The van der Waals surface area contributed by atoms with Crippen molar-refractivity contribution in [2.45, 2.75) is 51.6 Å². The number of nitrogens with one attached hydrogen (secondary N) is 2. The second-order valence-corrected chi connectivity index (χ2v) is 9.83. The number of pyridine rings is 2. The first kappa shape index (κ1) is 25.0. The largest absolute Gasteiger partial charge is 0.481 e. The van der Waals surface area contributed by atoms with Crippen LogP contribution in [0.3, 0.4) is 0 Å². The van der Waals surface area contributed by atoms with Crippen LogP contribution in [0.1, 0.15) is 39.5 Å². The predicted octanol–water partition coefficient (Wildman–Crippen LogP) is 3.21. The Morgan fingerprint density at radius 1 is 1.31 bits per heavy atom. The van der Waals surface area contributed by atoms with E-state index < -0.39 is 0 Å². The summed E-state index contributed by atoms with van der Waals surface area (Å²) < 4.78 is 5.27. The maximum absolute atomic E-state index is 13.0. The van der Waals surface area contributed by atoms with Crippen LogP contribution in [0.2, 0.25) is 0 Å². The van der Waals surface area contributed by atoms with Gasteiger partial charge in [0.15, 0.2) is 0 Å². The highest BCUT2D eigenvalue weighted by Crippen LogP contribution is 2.34. The topological polar surface area (TPSA) is 90.6 Å². The molecule has 35 heavy (non-hydrogen) atoms. The highest BCUT2D eigenvalue weighted by Gasteiger charge is 2.33. The molecule has 4 rings (SSSR count). The van der Waals surface area contributed by atoms with E-state index in [-0.39, 0.29) is 17.5 Å². The van der Waals surface area contributed by atoms with Crippen molar-refractivity contribution < 1.29 is 9.53 Å². The standard InChI is InChI=1S/C27H37N5O3/c1-19(2)28-11-4-7-26(33)31-13-5-6-23(18-31)32(17-20-8-9-20)24-14-22(16-30-27(24)34)21-10-12-29-25(15-21)35-3/h4,7,10,12,14-16,19-20,23,28H,5-6,8-9,11,13,17-18H2,1-3H3,(H,30,34)/b7-4+. The van der Waals surface area contributed by atoms with Crippen molar-refractivity contribution in [3.63, 3.8) is 0 Å². The minimum Gasteiger partial charge on any atom is -0.481 e. The average molecular weight is 480 g/mol. The zero-order valence-corrected chi connectivity index (χ0v) is 21.0. The fourth-order valence-electron chi connectivity index (χ4n) is 4.55. The second-order valence-electron chi connectivity index (χ2n) is 9.83. The van der Waals surface area contributed by atoms with Gasteiger partial charge in [0.2, 0.25) is 11.8 Å². The van der Waals surface area contributed by atoms with E-state index in [1.807, 2.05) is 29.2 Å². The normalized spacial score (nSPS) is 18.3. The number of rotatable bonds is 10. The number of hydrogen-bond acceptors (Lipinski definition) is 6. The molecule has 0 radical (unpaired) electrons. The zero-order chi connectivity index (χ0) is 24.8. The van der Waals surface area contributed by atoms with Gasteiger partial charge in [-0.2, -0.15) is 0 Å². The number of carbonyl (C=O) groups excluding carboxylic acids is 1. The van der Waals surface area contributed by atoms with Gasteiger partial charge in [-0.15, -0.1) is 0 Å². The van der Waals surface area contributed by atoms with E-state index in [0.29, 0.717) is 36.6 Å². The summed E-state index contributed by atoms with van der Waals surface area (Å²) in [7, 11) is 1.59. The van der Waals surface area contributed by atoms with Crippen LogP contribution in [-0.2, 0) is 4.79 Å². The zero-order valence-electron chi connectivity index (χ0n) is 21.0. The number of amides is 1. The summed E-state index contributed by atoms with van der Waals surface area (Å²) in [4.78, 5) is 37.2. The summed E-state index contributed by atoms with van der Waals surface area (Å²) >= 11 is 0. The van der Waals surface area contributed by atoms with Gasteiger partial charge in [-0.25, -0.2) is 4.98 Å². The molecule has 1 aliphatic carbocycles. The number of aromatic nitrogens is 2. The lowest BCUT2D eigenvalue weighted by molar-refractivity contribution is -0.127. The van der Waals surface area contributed by atoms with Crippen LogP contribution in [0.25, 0.3) is 11.1 Å². The van der Waals surface area contributed by atoms with Crippen molar-refractivity contribution in [1.82, 2.24) is 20.2 Å². The van der Waals surface area contributed by atoms with Crippen LogP contribution in [0.4, 0.5) is 5.69 Å². The van der Waals surface area contributed by atoms with Crippen LogP contribution in [0, 0.1) is 5.92 Å². The summed E-state index contributed by atoms with van der Waals surface area (Å²) in [6.07, 6.45) is 11.3. The molecule has 1 amide bonds. The van der Waals surface area contributed by atoms with E-state index in [2.05, 4.69) is 34.0 Å². The first-order valence-electron chi connectivity index (χ1n) is 12.6. The Labute approximate surface area is 207 Å². The molecule has 1 atom stereocenters. The number of aromatic amines is 1. The van der Waals surface area contributed by atoms with Crippen LogP contribution in [-0.4, -0.2) is 66.1 Å². The van der Waals surface area contributed by atoms with Crippen molar-refractivity contribution in [2.24, 2.45) is 5.92 Å². The van der Waals surface area contributed by atoms with E-state index in [1.165, 1.54) is 12.8 Å². The minimum atomic E-state index is -0.0986. The third-order valence-electron chi connectivity index (χ3n) is 6.68. The molecule has 8 heteroatoms. The number of nitrogens with zero attached hydrogens (tertiary/aromatic N) is 3. The predicted molar refractivity (Wildman–Crippen MR) is 139 cm³/mol. The summed E-state index contributed by atoms with van der Waals surface area (Å²) in [6.45, 7) is 7.06. The van der Waals surface area contributed by atoms with Gasteiger partial charge in [0, 0.05) is 68.4 Å². The van der Waals surface area contributed by atoms with Gasteiger partial charge in [-0.3, -0.25) is 9.59 Å². The highest BCUT2D eigenvalue weighted by atomic mass is 16.5. The van der Waals surface area contributed by atoms with Crippen LogP contribution >= 0.6 is 0 Å². The molecule has 0 bridgehead atoms. The van der Waals surface area contributed by atoms with E-state index in [4.69, 9.17) is 4.74 Å². The lowest BCUT2D eigenvalue weighted by atomic mass is 10.0. The number of carbonyl (C=O) groups is 1. The van der Waals surface area contributed by atoms with Gasteiger partial charge < -0.3 is 24.8 Å². The number of ether oxygens (including phenoxy) is 1. The number of likely N-dealkylation sites (tertiary alicyclic amines) is 1. The SMILES string of the molecule is COc1cc(-c2c[nH]c(=O)c(N(CC3CC3)C3CCCN(C(=O)/C=C/CNC(C)C)C3)c2)ccn1. The van der Waals surface area contributed by atoms with Gasteiger partial charge in [0.05, 0.1) is 7.11 Å². The monoisotopic (exact) mass is 479 g/mol. The second kappa shape index (κ2) is 11.5. The fourth-order valence-corrected chi connectivity index (χ4v) is 4.55. The number of methoxy groups -OCH3 is 1. The van der Waals surface area contributed by atoms with Gasteiger partial charge in [0.25, 0.3) is 5.56 Å².